The molecule has 0 atom stereocenters. The number of likely N-dealkylation sites (tertiary alicyclic amines) is 1. The first-order valence-electron chi connectivity index (χ1n) is 6.32. The third-order valence-electron chi connectivity index (χ3n) is 3.72. The van der Waals surface area contributed by atoms with Gasteiger partial charge in [-0.3, -0.25) is 4.68 Å². The maximum absolute atomic E-state index is 5.82. The quantitative estimate of drug-likeness (QED) is 0.924. The summed E-state index contributed by atoms with van der Waals surface area (Å²) in [5.74, 6) is 1.32. The van der Waals surface area contributed by atoms with Gasteiger partial charge in [-0.25, -0.2) is 0 Å². The highest BCUT2D eigenvalue weighted by atomic mass is 79.9. The second-order valence-electron chi connectivity index (χ2n) is 5.23. The Morgan fingerprint density at radius 3 is 2.53 bits per heavy atom. The summed E-state index contributed by atoms with van der Waals surface area (Å²) >= 11 is 3.68. The van der Waals surface area contributed by atoms with Crippen molar-refractivity contribution in [2.75, 3.05) is 25.9 Å². The molecule has 0 unspecified atom stereocenters. The minimum absolute atomic E-state index is 0.641. The van der Waals surface area contributed by atoms with Crippen molar-refractivity contribution in [3.8, 4) is 11.3 Å². The van der Waals surface area contributed by atoms with Gasteiger partial charge < -0.3 is 10.6 Å². The Labute approximate surface area is 121 Å². The van der Waals surface area contributed by atoms with Crippen molar-refractivity contribution in [2.45, 2.75) is 5.92 Å². The summed E-state index contributed by atoms with van der Waals surface area (Å²) in [6, 6.07) is 8.36. The second-order valence-corrected chi connectivity index (χ2v) is 6.09. The molecule has 19 heavy (non-hydrogen) atoms. The van der Waals surface area contributed by atoms with Crippen molar-refractivity contribution in [2.24, 2.45) is 7.05 Å². The van der Waals surface area contributed by atoms with E-state index in [1.807, 2.05) is 13.1 Å². The van der Waals surface area contributed by atoms with Gasteiger partial charge in [0.25, 0.3) is 0 Å². The molecule has 0 aliphatic carbocycles. The molecule has 4 nitrogen and oxygen atoms in total. The molecule has 1 aliphatic heterocycles. The number of anilines is 1. The number of hydrogen-bond donors (Lipinski definition) is 1. The number of halogens is 1. The van der Waals surface area contributed by atoms with Crippen molar-refractivity contribution in [1.82, 2.24) is 14.7 Å². The predicted octanol–water partition coefficient (Wildman–Crippen LogP) is 2.46. The molecule has 0 saturated carbocycles. The SMILES string of the molecule is CN1CC(c2ccc(-c3cc(N)n(C)n3)cc2Br)C1. The Morgan fingerprint density at radius 1 is 1.26 bits per heavy atom. The normalized spacial score (nSPS) is 16.6. The van der Waals surface area contributed by atoms with E-state index in [1.54, 1.807) is 4.68 Å². The Hall–Kier alpha value is -1.33. The maximum atomic E-state index is 5.82. The van der Waals surface area contributed by atoms with Crippen LogP contribution in [0.15, 0.2) is 28.7 Å². The molecule has 1 aromatic carbocycles. The molecule has 2 N–H and O–H groups in total. The predicted molar refractivity (Wildman–Crippen MR) is 81.0 cm³/mol. The first-order chi connectivity index (χ1) is 9.04. The molecule has 2 heterocycles. The fourth-order valence-electron chi connectivity index (χ4n) is 2.54. The van der Waals surface area contributed by atoms with Crippen LogP contribution in [-0.4, -0.2) is 34.8 Å². The lowest BCUT2D eigenvalue weighted by Crippen LogP contribution is -2.41. The highest BCUT2D eigenvalue weighted by Gasteiger charge is 2.26. The van der Waals surface area contributed by atoms with Gasteiger partial charge in [0.2, 0.25) is 0 Å². The number of nitrogens with two attached hydrogens (primary N) is 1. The van der Waals surface area contributed by atoms with Gasteiger partial charge in [0, 0.05) is 42.2 Å². The largest absolute Gasteiger partial charge is 0.384 e. The lowest BCUT2D eigenvalue weighted by molar-refractivity contribution is 0.189. The molecule has 2 aromatic rings. The zero-order valence-electron chi connectivity index (χ0n) is 11.1. The van der Waals surface area contributed by atoms with Crippen molar-refractivity contribution in [1.29, 1.82) is 0 Å². The van der Waals surface area contributed by atoms with Gasteiger partial charge >= 0.3 is 0 Å². The van der Waals surface area contributed by atoms with Gasteiger partial charge in [-0.1, -0.05) is 28.1 Å². The summed E-state index contributed by atoms with van der Waals surface area (Å²) in [6.45, 7) is 2.27. The smallest absolute Gasteiger partial charge is 0.121 e. The van der Waals surface area contributed by atoms with E-state index in [1.165, 1.54) is 5.56 Å². The average molecular weight is 321 g/mol. The second kappa shape index (κ2) is 4.65. The topological polar surface area (TPSA) is 47.1 Å². The summed E-state index contributed by atoms with van der Waals surface area (Å²) in [5, 5.41) is 4.40. The number of nitrogen functional groups attached to an aromatic ring is 1. The third-order valence-corrected chi connectivity index (χ3v) is 4.40. The number of likely N-dealkylation sites (N-methyl/N-ethyl adjacent to an activating group) is 1. The van der Waals surface area contributed by atoms with Crippen molar-refractivity contribution in [3.05, 3.63) is 34.3 Å². The van der Waals surface area contributed by atoms with E-state index in [9.17, 15) is 0 Å². The first-order valence-corrected chi connectivity index (χ1v) is 7.12. The van der Waals surface area contributed by atoms with Gasteiger partial charge in [-0.15, -0.1) is 0 Å². The molecule has 1 aromatic heterocycles. The third kappa shape index (κ3) is 2.28. The Bertz CT molecular complexity index is 594. The highest BCUT2D eigenvalue weighted by molar-refractivity contribution is 9.10. The van der Waals surface area contributed by atoms with E-state index < -0.39 is 0 Å². The summed E-state index contributed by atoms with van der Waals surface area (Å²) in [4.78, 5) is 2.32. The van der Waals surface area contributed by atoms with Gasteiger partial charge in [-0.05, 0) is 18.7 Å². The van der Waals surface area contributed by atoms with Crippen LogP contribution in [0.1, 0.15) is 11.5 Å². The highest BCUT2D eigenvalue weighted by Crippen LogP contribution is 2.34. The van der Waals surface area contributed by atoms with E-state index in [4.69, 9.17) is 5.73 Å². The fraction of sp³-hybridized carbons (Fsp3) is 0.357. The van der Waals surface area contributed by atoms with Crippen LogP contribution in [-0.2, 0) is 7.05 Å². The molecule has 3 rings (SSSR count). The van der Waals surface area contributed by atoms with E-state index in [0.29, 0.717) is 11.7 Å². The minimum atomic E-state index is 0.641. The van der Waals surface area contributed by atoms with Crippen LogP contribution in [0.3, 0.4) is 0 Å². The number of aromatic nitrogens is 2. The standard InChI is InChI=1S/C14H17BrN4/c1-18-7-10(8-18)11-4-3-9(5-12(11)15)13-6-14(16)19(2)17-13/h3-6,10H,7-8,16H2,1-2H3. The van der Waals surface area contributed by atoms with Crippen LogP contribution in [0.2, 0.25) is 0 Å². The lowest BCUT2D eigenvalue weighted by Gasteiger charge is -2.37. The molecule has 100 valence electrons. The minimum Gasteiger partial charge on any atom is -0.384 e. The van der Waals surface area contributed by atoms with Crippen LogP contribution >= 0.6 is 15.9 Å². The molecule has 0 spiro atoms. The molecule has 0 bridgehead atoms. The molecule has 5 heteroatoms. The molecular weight excluding hydrogens is 304 g/mol. The van der Waals surface area contributed by atoms with E-state index >= 15 is 0 Å². The molecule has 0 radical (unpaired) electrons. The van der Waals surface area contributed by atoms with E-state index in [-0.39, 0.29) is 0 Å². The number of benzene rings is 1. The molecule has 1 saturated heterocycles. The summed E-state index contributed by atoms with van der Waals surface area (Å²) in [5.41, 5.74) is 9.21. The van der Waals surface area contributed by atoms with Crippen LogP contribution in [0, 0.1) is 0 Å². The summed E-state index contributed by atoms with van der Waals surface area (Å²) < 4.78 is 2.85. The zero-order chi connectivity index (χ0) is 13.6. The van der Waals surface area contributed by atoms with Crippen LogP contribution in [0.4, 0.5) is 5.82 Å². The van der Waals surface area contributed by atoms with Crippen molar-refractivity contribution >= 4 is 21.7 Å². The summed E-state index contributed by atoms with van der Waals surface area (Å²) in [7, 11) is 4.00. The van der Waals surface area contributed by atoms with Crippen LogP contribution in [0.5, 0.6) is 0 Å². The van der Waals surface area contributed by atoms with Gasteiger partial charge in [-0.2, -0.15) is 5.10 Å². The number of nitrogens with zero attached hydrogens (tertiary/aromatic N) is 3. The zero-order valence-corrected chi connectivity index (χ0v) is 12.7. The van der Waals surface area contributed by atoms with Crippen molar-refractivity contribution in [3.63, 3.8) is 0 Å². The summed E-state index contributed by atoms with van der Waals surface area (Å²) in [6.07, 6.45) is 0. The number of rotatable bonds is 2. The fourth-order valence-corrected chi connectivity index (χ4v) is 3.24. The molecular formula is C14H17BrN4. The Balaban J connectivity index is 1.91. The van der Waals surface area contributed by atoms with Crippen LogP contribution < -0.4 is 5.73 Å². The van der Waals surface area contributed by atoms with Gasteiger partial charge in [0.05, 0.1) is 5.69 Å². The monoisotopic (exact) mass is 320 g/mol. The average Bonchev–Trinajstić information content (AvgIpc) is 2.66. The molecule has 1 fully saturated rings. The number of hydrogen-bond acceptors (Lipinski definition) is 3. The molecule has 0 amide bonds. The Morgan fingerprint density at radius 2 is 2.00 bits per heavy atom. The van der Waals surface area contributed by atoms with Gasteiger partial charge in [0.1, 0.15) is 5.82 Å². The first kappa shape index (κ1) is 12.7. The van der Waals surface area contributed by atoms with E-state index in [2.05, 4.69) is 51.2 Å². The molecule has 1 aliphatic rings. The number of aryl methyl sites for hydroxylation is 1. The maximum Gasteiger partial charge on any atom is 0.121 e. The van der Waals surface area contributed by atoms with E-state index in [0.717, 1.165) is 28.8 Å². The van der Waals surface area contributed by atoms with Crippen LogP contribution in [0.25, 0.3) is 11.3 Å². The van der Waals surface area contributed by atoms with Gasteiger partial charge in [0.15, 0.2) is 0 Å². The lowest BCUT2D eigenvalue weighted by atomic mass is 9.91. The van der Waals surface area contributed by atoms with Crippen molar-refractivity contribution < 1.29 is 0 Å². The Kier molecular flexibility index (Phi) is 3.11.